The molecule has 6 aliphatic carbocycles. The molecule has 0 aromatic heterocycles. The quantitative estimate of drug-likeness (QED) is 0.135. The van der Waals surface area contributed by atoms with Crippen LogP contribution in [-0.2, 0) is 5.41 Å². The highest BCUT2D eigenvalue weighted by molar-refractivity contribution is 6.13. The van der Waals surface area contributed by atoms with E-state index in [1.54, 1.807) is 0 Å². The summed E-state index contributed by atoms with van der Waals surface area (Å²) in [6.45, 7) is 0. The van der Waals surface area contributed by atoms with Crippen molar-refractivity contribution in [1.29, 1.82) is 0 Å². The monoisotopic (exact) mass is 1130 g/mol. The minimum Gasteiger partial charge on any atom is -0.310 e. The van der Waals surface area contributed by atoms with Gasteiger partial charge in [0.25, 0.3) is 0 Å². The van der Waals surface area contributed by atoms with Gasteiger partial charge in [-0.2, -0.15) is 0 Å². The van der Waals surface area contributed by atoms with Gasteiger partial charge in [-0.15, -0.1) is 0 Å². The molecule has 0 amide bonds. The molecule has 11 aromatic carbocycles. The van der Waals surface area contributed by atoms with Gasteiger partial charge in [0.2, 0.25) is 0 Å². The lowest BCUT2D eigenvalue weighted by Crippen LogP contribution is -2.26. The largest absolute Gasteiger partial charge is 0.310 e. The van der Waals surface area contributed by atoms with Crippen molar-refractivity contribution in [2.75, 3.05) is 9.80 Å². The van der Waals surface area contributed by atoms with Gasteiger partial charge in [-0.25, -0.2) is 0 Å². The molecule has 0 aliphatic heterocycles. The van der Waals surface area contributed by atoms with Gasteiger partial charge in [0.15, 0.2) is 0 Å². The van der Waals surface area contributed by atoms with Crippen LogP contribution < -0.4 is 9.80 Å². The molecule has 4 saturated carbocycles. The number of anilines is 6. The first-order valence-electron chi connectivity index (χ1n) is 33.9. The first kappa shape index (κ1) is 53.1. The number of hydrogen-bond donors (Lipinski definition) is 0. The molecule has 0 unspecified atom stereocenters. The molecule has 4 fully saturated rings. The lowest BCUT2D eigenvalue weighted by molar-refractivity contribution is 0.443. The summed E-state index contributed by atoms with van der Waals surface area (Å²) in [5.74, 6) is 2.65. The highest BCUT2D eigenvalue weighted by atomic mass is 15.1. The number of fused-ring (bicyclic) bond motifs is 16. The van der Waals surface area contributed by atoms with Crippen LogP contribution in [0.4, 0.5) is 34.1 Å². The molecular formula is C85H80N2. The molecule has 0 N–H and O–H groups in total. The number of nitrogens with zero attached hydrogens (tertiary/aromatic N) is 2. The van der Waals surface area contributed by atoms with Crippen LogP contribution in [0.2, 0.25) is 0 Å². The van der Waals surface area contributed by atoms with Crippen LogP contribution in [0.25, 0.3) is 54.6 Å². The molecule has 0 heterocycles. The fraction of sp³-hybridized carbons (Fsp3) is 0.294. The molecule has 0 saturated heterocycles. The average Bonchev–Trinajstić information content (AvgIpc) is 1.54. The van der Waals surface area contributed by atoms with E-state index >= 15 is 0 Å². The summed E-state index contributed by atoms with van der Waals surface area (Å²) in [6, 6.07) is 86.9. The van der Waals surface area contributed by atoms with Gasteiger partial charge in [0, 0.05) is 34.1 Å². The van der Waals surface area contributed by atoms with Gasteiger partial charge in [0.05, 0.1) is 5.41 Å². The van der Waals surface area contributed by atoms with Gasteiger partial charge in [-0.1, -0.05) is 223 Å². The highest BCUT2D eigenvalue weighted by Gasteiger charge is 2.54. The zero-order chi connectivity index (χ0) is 57.4. The van der Waals surface area contributed by atoms with Gasteiger partial charge in [0.1, 0.15) is 0 Å². The maximum Gasteiger partial charge on any atom is 0.0737 e. The summed E-state index contributed by atoms with van der Waals surface area (Å²) in [7, 11) is 0. The number of rotatable bonds is 10. The number of benzene rings is 11. The van der Waals surface area contributed by atoms with Crippen LogP contribution in [0.3, 0.4) is 0 Å². The molecular weight excluding hydrogens is 1050 g/mol. The van der Waals surface area contributed by atoms with Crippen LogP contribution in [0.1, 0.15) is 197 Å². The Morgan fingerprint density at radius 2 is 0.609 bits per heavy atom. The molecule has 430 valence electrons. The van der Waals surface area contributed by atoms with Crippen LogP contribution in [0.15, 0.2) is 218 Å². The molecule has 17 rings (SSSR count). The van der Waals surface area contributed by atoms with E-state index in [2.05, 4.69) is 228 Å². The summed E-state index contributed by atoms with van der Waals surface area (Å²) in [5.41, 5.74) is 23.6. The Hall–Kier alpha value is -8.20. The van der Waals surface area contributed by atoms with E-state index in [9.17, 15) is 0 Å². The van der Waals surface area contributed by atoms with Gasteiger partial charge >= 0.3 is 0 Å². The third-order valence-corrected chi connectivity index (χ3v) is 22.4. The molecule has 0 atom stereocenters. The molecule has 0 bridgehead atoms. The second-order valence-corrected chi connectivity index (χ2v) is 27.2. The van der Waals surface area contributed by atoms with Crippen LogP contribution in [-0.4, -0.2) is 0 Å². The fourth-order valence-corrected chi connectivity index (χ4v) is 18.1. The maximum atomic E-state index is 2.53. The lowest BCUT2D eigenvalue weighted by atomic mass is 9.68. The summed E-state index contributed by atoms with van der Waals surface area (Å²) in [6.07, 6.45) is 26.6. The van der Waals surface area contributed by atoms with E-state index in [1.165, 1.54) is 262 Å². The predicted octanol–water partition coefficient (Wildman–Crippen LogP) is 24.6. The number of hydrogen-bond acceptors (Lipinski definition) is 2. The first-order valence-corrected chi connectivity index (χ1v) is 33.9. The minimum absolute atomic E-state index is 0.587. The van der Waals surface area contributed by atoms with Crippen LogP contribution in [0.5, 0.6) is 0 Å². The summed E-state index contributed by atoms with van der Waals surface area (Å²) >= 11 is 0. The second-order valence-electron chi connectivity index (χ2n) is 27.2. The average molecular weight is 1130 g/mol. The summed E-state index contributed by atoms with van der Waals surface area (Å²) in [4.78, 5) is 5.06. The van der Waals surface area contributed by atoms with E-state index in [-0.39, 0.29) is 0 Å². The molecule has 0 radical (unpaired) electrons. The standard InChI is InChI=1S/C85H80N2/c1-5-17-57(18-6-1)61-29-40-68(41-30-61)86(69-42-31-62(32-43-69)58-19-7-2-8-20-58)72-48-52-75-66(55-72)37-50-77-78-51-38-67-56-73(87(70-44-33-63(34-45-70)59-21-9-3-10-22-59)71-46-35-64(36-47-71)60-23-11-4-12-24-60)49-53-76(67)84(78)85(83(75)77)80-28-16-15-27-79(80)82-74-26-14-13-25-65(74)39-54-81(82)85/h13-16,25-60H,1-12,17-24H2. The molecule has 2 heteroatoms. The second kappa shape index (κ2) is 22.2. The van der Waals surface area contributed by atoms with E-state index in [0.29, 0.717) is 23.7 Å². The summed E-state index contributed by atoms with van der Waals surface area (Å²) < 4.78 is 0. The zero-order valence-electron chi connectivity index (χ0n) is 50.6. The highest BCUT2D eigenvalue weighted by Crippen LogP contribution is 2.66. The van der Waals surface area contributed by atoms with E-state index in [0.717, 1.165) is 0 Å². The van der Waals surface area contributed by atoms with Crippen LogP contribution >= 0.6 is 0 Å². The third-order valence-electron chi connectivity index (χ3n) is 22.4. The normalized spacial score (nSPS) is 17.8. The molecule has 6 aliphatic rings. The van der Waals surface area contributed by atoms with Gasteiger partial charge in [-0.3, -0.25) is 0 Å². The minimum atomic E-state index is -0.587. The van der Waals surface area contributed by atoms with Crippen molar-refractivity contribution in [3.63, 3.8) is 0 Å². The molecule has 2 nitrogen and oxygen atoms in total. The van der Waals surface area contributed by atoms with Gasteiger partial charge < -0.3 is 9.80 Å². The van der Waals surface area contributed by atoms with E-state index in [4.69, 9.17) is 0 Å². The van der Waals surface area contributed by atoms with Crippen molar-refractivity contribution in [3.05, 3.63) is 263 Å². The topological polar surface area (TPSA) is 6.48 Å². The SMILES string of the molecule is c1ccc2c(c1)-c1c(ccc3ccccc13)C21c2c(ccc3cc(N(c4ccc(C5CCCCC5)cc4)c4ccc(C5CCCCC5)cc4)ccc23)-c2ccc3cc(N(c4ccc(C5CCCCC5)cc4)c4ccc(C5CCCCC5)cc4)ccc3c21. The Bertz CT molecular complexity index is 4010. The van der Waals surface area contributed by atoms with E-state index < -0.39 is 5.41 Å². The molecule has 87 heavy (non-hydrogen) atoms. The Morgan fingerprint density at radius 3 is 1.02 bits per heavy atom. The van der Waals surface area contributed by atoms with Crippen molar-refractivity contribution in [3.8, 4) is 22.3 Å². The first-order chi connectivity index (χ1) is 43.1. The van der Waals surface area contributed by atoms with Crippen molar-refractivity contribution >= 4 is 66.4 Å². The van der Waals surface area contributed by atoms with Crippen molar-refractivity contribution in [2.24, 2.45) is 0 Å². The van der Waals surface area contributed by atoms with Crippen molar-refractivity contribution in [1.82, 2.24) is 0 Å². The fourth-order valence-electron chi connectivity index (χ4n) is 18.1. The van der Waals surface area contributed by atoms with E-state index in [1.807, 2.05) is 0 Å². The zero-order valence-corrected chi connectivity index (χ0v) is 50.6. The Balaban J connectivity index is 0.837. The molecule has 1 spiro atoms. The third kappa shape index (κ3) is 9.01. The molecule has 11 aromatic rings. The Kier molecular flexibility index (Phi) is 13.5. The van der Waals surface area contributed by atoms with Crippen molar-refractivity contribution < 1.29 is 0 Å². The van der Waals surface area contributed by atoms with Crippen LogP contribution in [0, 0.1) is 0 Å². The Morgan fingerprint density at radius 1 is 0.253 bits per heavy atom. The smallest absolute Gasteiger partial charge is 0.0737 e. The lowest BCUT2D eigenvalue weighted by Gasteiger charge is -2.33. The maximum absolute atomic E-state index is 2.53. The van der Waals surface area contributed by atoms with Crippen molar-refractivity contribution in [2.45, 2.75) is 158 Å². The summed E-state index contributed by atoms with van der Waals surface area (Å²) in [5, 5.41) is 7.75. The van der Waals surface area contributed by atoms with Gasteiger partial charge in [-0.05, 0) is 247 Å². The predicted molar refractivity (Wildman–Crippen MR) is 368 cm³/mol. The Labute approximate surface area is 515 Å².